The second-order valence-corrected chi connectivity index (χ2v) is 4.88. The molecule has 0 aromatic carbocycles. The van der Waals surface area contributed by atoms with E-state index in [0.29, 0.717) is 23.4 Å². The van der Waals surface area contributed by atoms with E-state index in [-0.39, 0.29) is 0 Å². The highest BCUT2D eigenvalue weighted by Gasteiger charge is 2.19. The van der Waals surface area contributed by atoms with Gasteiger partial charge in [-0.2, -0.15) is 0 Å². The number of pyridine rings is 1. The lowest BCUT2D eigenvalue weighted by Crippen LogP contribution is -2.21. The molecular weight excluding hydrogens is 212 g/mol. The first-order valence-corrected chi connectivity index (χ1v) is 6.16. The molecule has 92 valence electrons. The Morgan fingerprint density at radius 1 is 1.41 bits per heavy atom. The quantitative estimate of drug-likeness (QED) is 0.815. The number of nitrogens with two attached hydrogens (primary N) is 1. The van der Waals surface area contributed by atoms with Crippen LogP contribution in [0.3, 0.4) is 0 Å². The van der Waals surface area contributed by atoms with Gasteiger partial charge in [-0.25, -0.2) is 4.98 Å². The predicted molar refractivity (Wildman–Crippen MR) is 69.9 cm³/mol. The van der Waals surface area contributed by atoms with Crippen LogP contribution in [0, 0.1) is 18.8 Å². The Hall–Kier alpha value is -1.51. The largest absolute Gasteiger partial charge is 0.477 e. The Labute approximate surface area is 103 Å². The number of nitrogens with zero attached hydrogens (tertiary/aromatic N) is 1. The highest BCUT2D eigenvalue weighted by atomic mass is 16.5. The maximum atomic E-state index is 5.80. The predicted octanol–water partition coefficient (Wildman–Crippen LogP) is 2.95. The standard InChI is InChI=1S/C14H20N2O/c1-10-5-3-4-6-12(10)9-17-14-11(2)7-13(15)8-16-14/h3-4,7-8,10,12H,5-6,9,15H2,1-2H3. The van der Waals surface area contributed by atoms with Crippen molar-refractivity contribution in [3.05, 3.63) is 30.0 Å². The molecule has 1 aromatic heterocycles. The minimum Gasteiger partial charge on any atom is -0.477 e. The third kappa shape index (κ3) is 2.99. The second kappa shape index (κ2) is 5.21. The number of aryl methyl sites for hydroxylation is 1. The molecule has 0 aliphatic heterocycles. The molecular formula is C14H20N2O. The normalized spacial score (nSPS) is 23.6. The summed E-state index contributed by atoms with van der Waals surface area (Å²) < 4.78 is 5.80. The summed E-state index contributed by atoms with van der Waals surface area (Å²) in [5, 5.41) is 0. The smallest absolute Gasteiger partial charge is 0.216 e. The van der Waals surface area contributed by atoms with Crippen LogP contribution in [-0.4, -0.2) is 11.6 Å². The number of ether oxygens (including phenoxy) is 1. The van der Waals surface area contributed by atoms with Crippen LogP contribution in [0.15, 0.2) is 24.4 Å². The van der Waals surface area contributed by atoms with Crippen molar-refractivity contribution in [2.45, 2.75) is 26.7 Å². The van der Waals surface area contributed by atoms with Crippen LogP contribution in [0.4, 0.5) is 5.69 Å². The van der Waals surface area contributed by atoms with E-state index >= 15 is 0 Å². The van der Waals surface area contributed by atoms with Crippen molar-refractivity contribution in [2.24, 2.45) is 11.8 Å². The van der Waals surface area contributed by atoms with E-state index in [2.05, 4.69) is 24.1 Å². The first-order chi connectivity index (χ1) is 8.16. The van der Waals surface area contributed by atoms with Crippen LogP contribution >= 0.6 is 0 Å². The molecule has 3 nitrogen and oxygen atoms in total. The molecule has 3 heteroatoms. The van der Waals surface area contributed by atoms with Crippen molar-refractivity contribution in [3.63, 3.8) is 0 Å². The number of allylic oxidation sites excluding steroid dienone is 2. The third-order valence-corrected chi connectivity index (χ3v) is 3.40. The monoisotopic (exact) mass is 232 g/mol. The average molecular weight is 232 g/mol. The fourth-order valence-corrected chi connectivity index (χ4v) is 2.16. The molecule has 2 unspecified atom stereocenters. The zero-order valence-electron chi connectivity index (χ0n) is 10.5. The summed E-state index contributed by atoms with van der Waals surface area (Å²) in [6, 6.07) is 1.90. The van der Waals surface area contributed by atoms with Gasteiger partial charge in [0.25, 0.3) is 0 Å². The summed E-state index contributed by atoms with van der Waals surface area (Å²) in [7, 11) is 0. The molecule has 0 bridgehead atoms. The zero-order chi connectivity index (χ0) is 12.3. The van der Waals surface area contributed by atoms with Gasteiger partial charge in [-0.05, 0) is 37.7 Å². The Morgan fingerprint density at radius 3 is 2.88 bits per heavy atom. The Morgan fingerprint density at radius 2 is 2.18 bits per heavy atom. The Kier molecular flexibility index (Phi) is 3.67. The van der Waals surface area contributed by atoms with Crippen molar-refractivity contribution in [1.82, 2.24) is 4.98 Å². The molecule has 1 aromatic rings. The van der Waals surface area contributed by atoms with E-state index in [0.717, 1.165) is 25.0 Å². The molecule has 0 fully saturated rings. The highest BCUT2D eigenvalue weighted by Crippen LogP contribution is 2.26. The highest BCUT2D eigenvalue weighted by molar-refractivity contribution is 5.41. The van der Waals surface area contributed by atoms with E-state index in [4.69, 9.17) is 10.5 Å². The minimum absolute atomic E-state index is 0.596. The van der Waals surface area contributed by atoms with Crippen LogP contribution < -0.4 is 10.5 Å². The molecule has 2 atom stereocenters. The summed E-state index contributed by atoms with van der Waals surface area (Å²) in [6.45, 7) is 4.99. The first-order valence-electron chi connectivity index (χ1n) is 6.16. The van der Waals surface area contributed by atoms with Gasteiger partial charge in [0, 0.05) is 5.56 Å². The number of hydrogen-bond donors (Lipinski definition) is 1. The van der Waals surface area contributed by atoms with Crippen molar-refractivity contribution in [2.75, 3.05) is 12.3 Å². The maximum absolute atomic E-state index is 5.80. The average Bonchev–Trinajstić information content (AvgIpc) is 2.30. The van der Waals surface area contributed by atoms with Crippen LogP contribution in [0.2, 0.25) is 0 Å². The van der Waals surface area contributed by atoms with Crippen LogP contribution in [0.5, 0.6) is 5.88 Å². The molecule has 1 aliphatic carbocycles. The second-order valence-electron chi connectivity index (χ2n) is 4.88. The van der Waals surface area contributed by atoms with Gasteiger partial charge in [0.2, 0.25) is 5.88 Å². The summed E-state index contributed by atoms with van der Waals surface area (Å²) in [6.07, 6.45) is 8.41. The van der Waals surface area contributed by atoms with Gasteiger partial charge in [0.05, 0.1) is 18.5 Å². The fourth-order valence-electron chi connectivity index (χ4n) is 2.16. The summed E-state index contributed by atoms with van der Waals surface area (Å²) in [4.78, 5) is 4.22. The van der Waals surface area contributed by atoms with Crippen LogP contribution in [0.25, 0.3) is 0 Å². The van der Waals surface area contributed by atoms with Gasteiger partial charge in [-0.1, -0.05) is 19.1 Å². The number of rotatable bonds is 3. The zero-order valence-corrected chi connectivity index (χ0v) is 10.5. The van der Waals surface area contributed by atoms with Crippen molar-refractivity contribution in [3.8, 4) is 5.88 Å². The molecule has 0 radical (unpaired) electrons. The molecule has 0 saturated heterocycles. The van der Waals surface area contributed by atoms with E-state index in [1.54, 1.807) is 6.20 Å². The molecule has 2 rings (SSSR count). The van der Waals surface area contributed by atoms with Crippen LogP contribution in [-0.2, 0) is 0 Å². The van der Waals surface area contributed by atoms with Crippen molar-refractivity contribution >= 4 is 5.69 Å². The molecule has 2 N–H and O–H groups in total. The van der Waals surface area contributed by atoms with Gasteiger partial charge in [0.15, 0.2) is 0 Å². The lowest BCUT2D eigenvalue weighted by molar-refractivity contribution is 0.192. The van der Waals surface area contributed by atoms with Gasteiger partial charge in [0.1, 0.15) is 0 Å². The lowest BCUT2D eigenvalue weighted by Gasteiger charge is -2.25. The van der Waals surface area contributed by atoms with E-state index < -0.39 is 0 Å². The molecule has 0 amide bonds. The number of anilines is 1. The topological polar surface area (TPSA) is 48.1 Å². The van der Waals surface area contributed by atoms with Crippen molar-refractivity contribution < 1.29 is 4.74 Å². The van der Waals surface area contributed by atoms with Gasteiger partial charge >= 0.3 is 0 Å². The molecule has 1 aliphatic rings. The Balaban J connectivity index is 1.95. The Bertz CT molecular complexity index is 415. The van der Waals surface area contributed by atoms with E-state index in [1.165, 1.54) is 0 Å². The molecule has 0 spiro atoms. The number of aromatic nitrogens is 1. The fraction of sp³-hybridized carbons (Fsp3) is 0.500. The number of hydrogen-bond acceptors (Lipinski definition) is 3. The molecule has 0 saturated carbocycles. The lowest BCUT2D eigenvalue weighted by atomic mass is 9.85. The van der Waals surface area contributed by atoms with Crippen molar-refractivity contribution in [1.29, 1.82) is 0 Å². The summed E-state index contributed by atoms with van der Waals surface area (Å²) >= 11 is 0. The third-order valence-electron chi connectivity index (χ3n) is 3.40. The SMILES string of the molecule is Cc1cc(N)cnc1OCC1CC=CCC1C. The van der Waals surface area contributed by atoms with E-state index in [9.17, 15) is 0 Å². The molecule has 1 heterocycles. The van der Waals surface area contributed by atoms with Crippen LogP contribution in [0.1, 0.15) is 25.3 Å². The van der Waals surface area contributed by atoms with E-state index in [1.807, 2.05) is 13.0 Å². The van der Waals surface area contributed by atoms with Gasteiger partial charge in [-0.15, -0.1) is 0 Å². The number of nitrogen functional groups attached to an aromatic ring is 1. The summed E-state index contributed by atoms with van der Waals surface area (Å²) in [5.41, 5.74) is 7.35. The maximum Gasteiger partial charge on any atom is 0.216 e. The first kappa shape index (κ1) is 12.0. The van der Waals surface area contributed by atoms with Gasteiger partial charge < -0.3 is 10.5 Å². The minimum atomic E-state index is 0.596. The molecule has 17 heavy (non-hydrogen) atoms. The summed E-state index contributed by atoms with van der Waals surface area (Å²) in [5.74, 6) is 1.99. The van der Waals surface area contributed by atoms with Gasteiger partial charge in [-0.3, -0.25) is 0 Å².